The molecule has 1 N–H and O–H groups in total. The van der Waals surface area contributed by atoms with Gasteiger partial charge in [0.05, 0.1) is 24.1 Å². The number of hydrogen-bond acceptors (Lipinski definition) is 4. The molecule has 1 aromatic carbocycles. The monoisotopic (exact) mass is 407 g/mol. The van der Waals surface area contributed by atoms with Crippen LogP contribution in [0.25, 0.3) is 0 Å². The van der Waals surface area contributed by atoms with Crippen molar-refractivity contribution in [3.8, 4) is 0 Å². The van der Waals surface area contributed by atoms with Crippen molar-refractivity contribution in [3.05, 3.63) is 57.9 Å². The van der Waals surface area contributed by atoms with Crippen LogP contribution < -0.4 is 10.2 Å². The normalized spacial score (nSPS) is 14.4. The summed E-state index contributed by atoms with van der Waals surface area (Å²) in [7, 11) is 0. The van der Waals surface area contributed by atoms with E-state index in [0.717, 1.165) is 24.5 Å². The molecule has 0 aliphatic carbocycles. The van der Waals surface area contributed by atoms with Crippen molar-refractivity contribution in [2.75, 3.05) is 31.2 Å². The van der Waals surface area contributed by atoms with E-state index in [1.54, 1.807) is 24.4 Å². The van der Waals surface area contributed by atoms with Crippen molar-refractivity contribution >= 4 is 27.7 Å². The first-order valence-electron chi connectivity index (χ1n) is 8.10. The molecule has 2 aromatic rings. The molecule has 7 heteroatoms. The van der Waals surface area contributed by atoms with Crippen molar-refractivity contribution in [3.63, 3.8) is 0 Å². The largest absolute Gasteiger partial charge is 0.378 e. The molecule has 132 valence electrons. The van der Waals surface area contributed by atoms with Crippen LogP contribution in [0.15, 0.2) is 41.0 Å². The maximum atomic E-state index is 13.9. The predicted octanol–water partition coefficient (Wildman–Crippen LogP) is 2.68. The molecular weight excluding hydrogens is 389 g/mol. The lowest BCUT2D eigenvalue weighted by atomic mass is 10.1. The number of nitrogens with one attached hydrogen (secondary N) is 1. The quantitative estimate of drug-likeness (QED) is 0.827. The van der Waals surface area contributed by atoms with E-state index in [-0.39, 0.29) is 12.3 Å². The van der Waals surface area contributed by atoms with Gasteiger partial charge in [-0.15, -0.1) is 0 Å². The molecule has 1 amide bonds. The summed E-state index contributed by atoms with van der Waals surface area (Å²) in [6.45, 7) is 3.39. The zero-order valence-electron chi connectivity index (χ0n) is 13.7. The van der Waals surface area contributed by atoms with Crippen molar-refractivity contribution in [2.45, 2.75) is 13.0 Å². The minimum Gasteiger partial charge on any atom is -0.378 e. The highest BCUT2D eigenvalue weighted by atomic mass is 79.9. The molecule has 1 aromatic heterocycles. The number of carbonyl (C=O) groups is 1. The number of ether oxygens (including phenoxy) is 1. The fourth-order valence-corrected chi connectivity index (χ4v) is 3.06. The minimum atomic E-state index is -0.392. The van der Waals surface area contributed by atoms with Crippen molar-refractivity contribution < 1.29 is 13.9 Å². The minimum absolute atomic E-state index is 0.00662. The van der Waals surface area contributed by atoms with E-state index in [0.29, 0.717) is 29.8 Å². The summed E-state index contributed by atoms with van der Waals surface area (Å²) in [6.07, 6.45) is 1.74. The number of pyridine rings is 1. The molecular formula is C18H19BrFN3O2. The average Bonchev–Trinajstić information content (AvgIpc) is 2.65. The molecule has 0 unspecified atom stereocenters. The molecule has 1 aliphatic heterocycles. The highest BCUT2D eigenvalue weighted by molar-refractivity contribution is 9.10. The first-order valence-corrected chi connectivity index (χ1v) is 8.90. The van der Waals surface area contributed by atoms with Gasteiger partial charge in [-0.3, -0.25) is 4.79 Å². The first kappa shape index (κ1) is 17.8. The number of hydrogen-bond donors (Lipinski definition) is 1. The van der Waals surface area contributed by atoms with Gasteiger partial charge in [-0.1, -0.05) is 12.1 Å². The Balaban J connectivity index is 1.57. The van der Waals surface area contributed by atoms with E-state index in [1.165, 1.54) is 0 Å². The van der Waals surface area contributed by atoms with Gasteiger partial charge in [0.1, 0.15) is 11.6 Å². The Labute approximate surface area is 154 Å². The molecule has 0 spiro atoms. The molecule has 2 heterocycles. The Morgan fingerprint density at radius 1 is 1.32 bits per heavy atom. The van der Waals surface area contributed by atoms with E-state index in [4.69, 9.17) is 4.74 Å². The van der Waals surface area contributed by atoms with Gasteiger partial charge in [0, 0.05) is 25.8 Å². The summed E-state index contributed by atoms with van der Waals surface area (Å²) in [5.74, 6) is 0.269. The number of amides is 1. The van der Waals surface area contributed by atoms with Crippen LogP contribution in [-0.4, -0.2) is 37.2 Å². The summed E-state index contributed by atoms with van der Waals surface area (Å²) in [4.78, 5) is 18.6. The van der Waals surface area contributed by atoms with Crippen LogP contribution >= 0.6 is 15.9 Å². The highest BCUT2D eigenvalue weighted by Crippen LogP contribution is 2.19. The smallest absolute Gasteiger partial charge is 0.224 e. The summed E-state index contributed by atoms with van der Waals surface area (Å²) in [5, 5.41) is 2.83. The third-order valence-corrected chi connectivity index (χ3v) is 4.63. The molecule has 3 rings (SSSR count). The van der Waals surface area contributed by atoms with Crippen LogP contribution in [0.3, 0.4) is 0 Å². The fraction of sp³-hybridized carbons (Fsp3) is 0.333. The number of nitrogens with zero attached hydrogens (tertiary/aromatic N) is 2. The number of rotatable bonds is 5. The maximum Gasteiger partial charge on any atom is 0.224 e. The number of benzene rings is 1. The van der Waals surface area contributed by atoms with E-state index in [2.05, 4.69) is 31.1 Å². The zero-order valence-corrected chi connectivity index (χ0v) is 15.3. The molecule has 0 saturated carbocycles. The van der Waals surface area contributed by atoms with Crippen molar-refractivity contribution in [1.82, 2.24) is 10.3 Å². The summed E-state index contributed by atoms with van der Waals surface area (Å²) >= 11 is 3.13. The molecule has 0 bridgehead atoms. The van der Waals surface area contributed by atoms with E-state index < -0.39 is 5.82 Å². The maximum absolute atomic E-state index is 13.9. The second-order valence-electron chi connectivity index (χ2n) is 5.79. The van der Waals surface area contributed by atoms with Gasteiger partial charge in [-0.05, 0) is 45.3 Å². The van der Waals surface area contributed by atoms with Gasteiger partial charge in [0.2, 0.25) is 5.91 Å². The van der Waals surface area contributed by atoms with Crippen LogP contribution in [0.1, 0.15) is 11.1 Å². The lowest BCUT2D eigenvalue weighted by Crippen LogP contribution is -2.36. The highest BCUT2D eigenvalue weighted by Gasteiger charge is 2.13. The van der Waals surface area contributed by atoms with Gasteiger partial charge >= 0.3 is 0 Å². The second-order valence-corrected chi connectivity index (χ2v) is 6.64. The zero-order chi connectivity index (χ0) is 17.6. The van der Waals surface area contributed by atoms with Gasteiger partial charge in [-0.25, -0.2) is 9.37 Å². The molecule has 0 radical (unpaired) electrons. The number of halogens is 2. The van der Waals surface area contributed by atoms with Crippen LogP contribution in [0.2, 0.25) is 0 Å². The Morgan fingerprint density at radius 2 is 2.12 bits per heavy atom. The van der Waals surface area contributed by atoms with E-state index in [1.807, 2.05) is 12.1 Å². The standard InChI is InChI=1S/C18H19BrFN3O2/c19-15-3-1-2-14(18(15)20)11-17(24)22-12-13-4-5-21-16(10-13)23-6-8-25-9-7-23/h1-5,10H,6-9,11-12H2,(H,22,24). The average molecular weight is 408 g/mol. The fourth-order valence-electron chi connectivity index (χ4n) is 2.66. The molecule has 1 fully saturated rings. The lowest BCUT2D eigenvalue weighted by Gasteiger charge is -2.28. The van der Waals surface area contributed by atoms with E-state index >= 15 is 0 Å². The van der Waals surface area contributed by atoms with Gasteiger partial charge < -0.3 is 15.0 Å². The Hall–Kier alpha value is -1.99. The topological polar surface area (TPSA) is 54.5 Å². The Morgan fingerprint density at radius 3 is 2.92 bits per heavy atom. The SMILES string of the molecule is O=C(Cc1cccc(Br)c1F)NCc1ccnc(N2CCOCC2)c1. The molecule has 25 heavy (non-hydrogen) atoms. The summed E-state index contributed by atoms with van der Waals surface area (Å²) in [6, 6.07) is 8.77. The lowest BCUT2D eigenvalue weighted by molar-refractivity contribution is -0.120. The molecule has 5 nitrogen and oxygen atoms in total. The summed E-state index contributed by atoms with van der Waals surface area (Å²) < 4.78 is 19.6. The Bertz CT molecular complexity index is 751. The number of aromatic nitrogens is 1. The van der Waals surface area contributed by atoms with Crippen LogP contribution in [-0.2, 0) is 22.5 Å². The van der Waals surface area contributed by atoms with Crippen LogP contribution in [0, 0.1) is 5.82 Å². The molecule has 0 atom stereocenters. The van der Waals surface area contributed by atoms with Gasteiger partial charge in [0.25, 0.3) is 0 Å². The van der Waals surface area contributed by atoms with Crippen LogP contribution in [0.5, 0.6) is 0 Å². The van der Waals surface area contributed by atoms with E-state index in [9.17, 15) is 9.18 Å². The predicted molar refractivity (Wildman–Crippen MR) is 96.9 cm³/mol. The Kier molecular flexibility index (Phi) is 5.99. The summed E-state index contributed by atoms with van der Waals surface area (Å²) in [5.41, 5.74) is 1.33. The third kappa shape index (κ3) is 4.76. The number of anilines is 1. The van der Waals surface area contributed by atoms with Crippen LogP contribution in [0.4, 0.5) is 10.2 Å². The second kappa shape index (κ2) is 8.40. The first-order chi connectivity index (χ1) is 12.1. The molecule has 1 aliphatic rings. The van der Waals surface area contributed by atoms with Crippen molar-refractivity contribution in [2.24, 2.45) is 0 Å². The molecule has 1 saturated heterocycles. The van der Waals surface area contributed by atoms with Gasteiger partial charge in [-0.2, -0.15) is 0 Å². The third-order valence-electron chi connectivity index (χ3n) is 4.02. The number of carbonyl (C=O) groups excluding carboxylic acids is 1. The van der Waals surface area contributed by atoms with Gasteiger partial charge in [0.15, 0.2) is 0 Å². The number of morpholine rings is 1. The van der Waals surface area contributed by atoms with Crippen molar-refractivity contribution in [1.29, 1.82) is 0 Å².